The Hall–Kier alpha value is -4.05. The Bertz CT molecular complexity index is 1310. The van der Waals surface area contributed by atoms with Crippen LogP contribution in [-0.2, 0) is 23.0 Å². The fraction of sp³-hybridized carbons (Fsp3) is 0.200. The molecule has 1 amide bonds. The van der Waals surface area contributed by atoms with Crippen molar-refractivity contribution in [3.63, 3.8) is 0 Å². The summed E-state index contributed by atoms with van der Waals surface area (Å²) in [7, 11) is 4.93. The fourth-order valence-electron chi connectivity index (χ4n) is 3.48. The van der Waals surface area contributed by atoms with Crippen LogP contribution < -0.4 is 10.1 Å². The predicted molar refractivity (Wildman–Crippen MR) is 133 cm³/mol. The smallest absolute Gasteiger partial charge is 0.337 e. The Balaban J connectivity index is 1.50. The molecule has 1 N–H and O–H groups in total. The molecule has 4 aromatic rings. The van der Waals surface area contributed by atoms with Crippen LogP contribution in [0, 0.1) is 0 Å². The molecule has 10 heteroatoms. The number of ether oxygens (including phenoxy) is 2. The van der Waals surface area contributed by atoms with Crippen LogP contribution in [0.3, 0.4) is 0 Å². The lowest BCUT2D eigenvalue weighted by Gasteiger charge is -2.12. The molecule has 4 rings (SSSR count). The molecule has 0 aliphatic heterocycles. The van der Waals surface area contributed by atoms with Gasteiger partial charge < -0.3 is 19.4 Å². The van der Waals surface area contributed by atoms with Crippen LogP contribution in [0.15, 0.2) is 72.0 Å². The first-order chi connectivity index (χ1) is 17.0. The zero-order valence-electron chi connectivity index (χ0n) is 19.6. The van der Waals surface area contributed by atoms with Gasteiger partial charge in [0.25, 0.3) is 0 Å². The number of aryl methyl sites for hydroxylation is 1. The Morgan fingerprint density at radius 1 is 1.00 bits per heavy atom. The highest BCUT2D eigenvalue weighted by Crippen LogP contribution is 2.25. The maximum absolute atomic E-state index is 12.6. The number of benzene rings is 2. The minimum absolute atomic E-state index is 0.136. The van der Waals surface area contributed by atoms with Gasteiger partial charge in [-0.1, -0.05) is 11.8 Å². The van der Waals surface area contributed by atoms with E-state index in [4.69, 9.17) is 9.47 Å². The number of amides is 1. The van der Waals surface area contributed by atoms with E-state index >= 15 is 0 Å². The van der Waals surface area contributed by atoms with Crippen molar-refractivity contribution < 1.29 is 19.1 Å². The normalized spacial score (nSPS) is 10.7. The summed E-state index contributed by atoms with van der Waals surface area (Å²) in [6.45, 7) is 0. The molecule has 2 heterocycles. The SMILES string of the molecule is COC(=O)c1ccc(NC(=O)CSc2nnc(Cc3cccn3C)n2-c2ccc(OC)cc2)cc1. The molecule has 9 nitrogen and oxygen atoms in total. The van der Waals surface area contributed by atoms with E-state index < -0.39 is 5.97 Å². The van der Waals surface area contributed by atoms with Gasteiger partial charge >= 0.3 is 5.97 Å². The largest absolute Gasteiger partial charge is 0.497 e. The van der Waals surface area contributed by atoms with Gasteiger partial charge in [0, 0.05) is 36.7 Å². The zero-order chi connectivity index (χ0) is 24.8. The fourth-order valence-corrected chi connectivity index (χ4v) is 4.25. The lowest BCUT2D eigenvalue weighted by atomic mass is 10.2. The molecule has 0 aliphatic rings. The number of nitrogens with one attached hydrogen (secondary N) is 1. The Kier molecular flexibility index (Phi) is 7.51. The third kappa shape index (κ3) is 5.72. The number of methoxy groups -OCH3 is 2. The van der Waals surface area contributed by atoms with Crippen molar-refractivity contribution in [2.75, 3.05) is 25.3 Å². The van der Waals surface area contributed by atoms with Gasteiger partial charge in [0.15, 0.2) is 5.16 Å². The molecule has 0 bridgehead atoms. The van der Waals surface area contributed by atoms with Gasteiger partial charge in [-0.15, -0.1) is 10.2 Å². The number of aromatic nitrogens is 4. The number of anilines is 1. The van der Waals surface area contributed by atoms with Crippen molar-refractivity contribution in [2.45, 2.75) is 11.6 Å². The summed E-state index contributed by atoms with van der Waals surface area (Å²) in [6, 6.07) is 18.2. The highest BCUT2D eigenvalue weighted by molar-refractivity contribution is 7.99. The van der Waals surface area contributed by atoms with Crippen molar-refractivity contribution >= 4 is 29.3 Å². The van der Waals surface area contributed by atoms with E-state index in [-0.39, 0.29) is 11.7 Å². The number of thioether (sulfide) groups is 1. The second-order valence-electron chi connectivity index (χ2n) is 7.63. The van der Waals surface area contributed by atoms with E-state index in [0.717, 1.165) is 23.0 Å². The third-order valence-corrected chi connectivity index (χ3v) is 6.27. The maximum Gasteiger partial charge on any atom is 0.337 e. The van der Waals surface area contributed by atoms with Gasteiger partial charge in [0.05, 0.1) is 25.5 Å². The van der Waals surface area contributed by atoms with Crippen molar-refractivity contribution in [1.82, 2.24) is 19.3 Å². The highest BCUT2D eigenvalue weighted by Gasteiger charge is 2.17. The van der Waals surface area contributed by atoms with Crippen molar-refractivity contribution in [3.8, 4) is 11.4 Å². The molecule has 0 unspecified atom stereocenters. The van der Waals surface area contributed by atoms with E-state index in [1.54, 1.807) is 31.4 Å². The third-order valence-electron chi connectivity index (χ3n) is 5.34. The zero-order valence-corrected chi connectivity index (χ0v) is 20.4. The number of carbonyl (C=O) groups is 2. The van der Waals surface area contributed by atoms with Gasteiger partial charge in [0.2, 0.25) is 5.91 Å². The molecular formula is C25H25N5O4S. The van der Waals surface area contributed by atoms with E-state index in [2.05, 4.69) is 15.5 Å². The topological polar surface area (TPSA) is 100 Å². The summed E-state index contributed by atoms with van der Waals surface area (Å²) in [4.78, 5) is 24.2. The number of nitrogens with zero attached hydrogens (tertiary/aromatic N) is 4. The molecule has 2 aromatic carbocycles. The minimum Gasteiger partial charge on any atom is -0.497 e. The van der Waals surface area contributed by atoms with E-state index in [9.17, 15) is 9.59 Å². The summed E-state index contributed by atoms with van der Waals surface area (Å²) < 4.78 is 14.0. The summed E-state index contributed by atoms with van der Waals surface area (Å²) in [5.41, 5.74) is 2.97. The molecule has 0 aliphatic carbocycles. The van der Waals surface area contributed by atoms with Crippen LogP contribution in [0.2, 0.25) is 0 Å². The maximum atomic E-state index is 12.6. The van der Waals surface area contributed by atoms with E-state index in [1.807, 2.05) is 58.8 Å². The molecule has 0 radical (unpaired) electrons. The number of carbonyl (C=O) groups excluding carboxylic acids is 2. The number of hydrogen-bond donors (Lipinski definition) is 1. The highest BCUT2D eigenvalue weighted by atomic mass is 32.2. The monoisotopic (exact) mass is 491 g/mol. The summed E-state index contributed by atoms with van der Waals surface area (Å²) in [6.07, 6.45) is 2.57. The van der Waals surface area contributed by atoms with E-state index in [1.165, 1.54) is 18.9 Å². The molecule has 0 saturated heterocycles. The molecule has 0 spiro atoms. The Morgan fingerprint density at radius 3 is 2.37 bits per heavy atom. The second-order valence-corrected chi connectivity index (χ2v) is 8.57. The molecule has 35 heavy (non-hydrogen) atoms. The van der Waals surface area contributed by atoms with Crippen molar-refractivity contribution in [1.29, 1.82) is 0 Å². The quantitative estimate of drug-likeness (QED) is 0.281. The summed E-state index contributed by atoms with van der Waals surface area (Å²) >= 11 is 1.29. The van der Waals surface area contributed by atoms with Crippen molar-refractivity contribution in [2.24, 2.45) is 7.05 Å². The molecular weight excluding hydrogens is 466 g/mol. The summed E-state index contributed by atoms with van der Waals surface area (Å²) in [5.74, 6) is 1.02. The van der Waals surface area contributed by atoms with Gasteiger partial charge in [-0.2, -0.15) is 0 Å². The number of hydrogen-bond acceptors (Lipinski definition) is 7. The number of esters is 1. The minimum atomic E-state index is -0.428. The average molecular weight is 492 g/mol. The predicted octanol–water partition coefficient (Wildman–Crippen LogP) is 3.72. The van der Waals surface area contributed by atoms with Crippen LogP contribution >= 0.6 is 11.8 Å². The van der Waals surface area contributed by atoms with Gasteiger partial charge in [0.1, 0.15) is 11.6 Å². The van der Waals surface area contributed by atoms with Gasteiger partial charge in [-0.05, 0) is 60.7 Å². The van der Waals surface area contributed by atoms with E-state index in [0.29, 0.717) is 22.8 Å². The van der Waals surface area contributed by atoms with Crippen LogP contribution in [0.4, 0.5) is 5.69 Å². The molecule has 0 fully saturated rings. The van der Waals surface area contributed by atoms with Crippen LogP contribution in [0.1, 0.15) is 21.9 Å². The average Bonchev–Trinajstić information content (AvgIpc) is 3.48. The molecule has 0 saturated carbocycles. The van der Waals surface area contributed by atoms with Crippen LogP contribution in [0.5, 0.6) is 5.75 Å². The molecule has 2 aromatic heterocycles. The summed E-state index contributed by atoms with van der Waals surface area (Å²) in [5, 5.41) is 12.2. The Labute approximate surface area is 207 Å². The first-order valence-electron chi connectivity index (χ1n) is 10.8. The molecule has 180 valence electrons. The van der Waals surface area contributed by atoms with Crippen LogP contribution in [-0.4, -0.2) is 51.2 Å². The standard InChI is InChI=1S/C25H25N5O4S/c1-29-14-4-5-20(29)15-22-27-28-25(30(22)19-10-12-21(33-2)13-11-19)35-16-23(31)26-18-8-6-17(7-9-18)24(32)34-3/h4-14H,15-16H2,1-3H3,(H,26,31). The second kappa shape index (κ2) is 10.9. The first-order valence-corrected chi connectivity index (χ1v) is 11.8. The van der Waals surface area contributed by atoms with Crippen LogP contribution in [0.25, 0.3) is 5.69 Å². The first kappa shape index (κ1) is 24.1. The molecule has 0 atom stereocenters. The van der Waals surface area contributed by atoms with Gasteiger partial charge in [-0.3, -0.25) is 9.36 Å². The lowest BCUT2D eigenvalue weighted by molar-refractivity contribution is -0.113. The lowest BCUT2D eigenvalue weighted by Crippen LogP contribution is -2.15. The Morgan fingerprint density at radius 2 is 1.74 bits per heavy atom. The number of rotatable bonds is 9. The van der Waals surface area contributed by atoms with Crippen molar-refractivity contribution in [3.05, 3.63) is 83.9 Å². The van der Waals surface area contributed by atoms with Gasteiger partial charge in [-0.25, -0.2) is 4.79 Å².